The molecule has 1 aromatic carbocycles. The summed E-state index contributed by atoms with van der Waals surface area (Å²) in [6.07, 6.45) is -4.20. The zero-order valence-electron chi connectivity index (χ0n) is 15.2. The highest BCUT2D eigenvalue weighted by Crippen LogP contribution is 2.31. The first kappa shape index (κ1) is 20.2. The highest BCUT2D eigenvalue weighted by Gasteiger charge is 2.29. The quantitative estimate of drug-likeness (QED) is 0.579. The Kier molecular flexibility index (Phi) is 5.93. The van der Waals surface area contributed by atoms with Crippen LogP contribution in [0, 0.1) is 0 Å². The predicted octanol–water partition coefficient (Wildman–Crippen LogP) is 5.20. The van der Waals surface area contributed by atoms with Crippen LogP contribution in [0.1, 0.15) is 43.0 Å². The van der Waals surface area contributed by atoms with Gasteiger partial charge >= 0.3 is 6.18 Å². The number of benzene rings is 1. The maximum Gasteiger partial charge on any atom is 0.422 e. The van der Waals surface area contributed by atoms with E-state index in [1.54, 1.807) is 13.0 Å². The highest BCUT2D eigenvalue weighted by atomic mass is 32.1. The Balaban J connectivity index is 1.54. The maximum atomic E-state index is 12.3. The predicted molar refractivity (Wildman–Crippen MR) is 99.5 cm³/mol. The molecule has 0 saturated heterocycles. The van der Waals surface area contributed by atoms with Crippen molar-refractivity contribution >= 4 is 28.3 Å². The number of nitrogens with one attached hydrogen (secondary N) is 1. The maximum absolute atomic E-state index is 12.3. The van der Waals surface area contributed by atoms with Gasteiger partial charge in [-0.2, -0.15) is 13.2 Å². The molecule has 2 aromatic heterocycles. The van der Waals surface area contributed by atoms with E-state index < -0.39 is 12.8 Å². The van der Waals surface area contributed by atoms with Gasteiger partial charge in [-0.05, 0) is 31.2 Å². The molecule has 1 unspecified atom stereocenters. The minimum absolute atomic E-state index is 0.160. The van der Waals surface area contributed by atoms with E-state index in [9.17, 15) is 18.0 Å². The van der Waals surface area contributed by atoms with Crippen LogP contribution in [0.15, 0.2) is 40.8 Å². The Bertz CT molecular complexity index is 918. The first-order valence-corrected chi connectivity index (χ1v) is 9.47. The number of thiophene rings is 1. The molecule has 2 heterocycles. The first-order chi connectivity index (χ1) is 13.2. The van der Waals surface area contributed by atoms with Gasteiger partial charge in [-0.15, -0.1) is 11.3 Å². The summed E-state index contributed by atoms with van der Waals surface area (Å²) in [5.41, 5.74) is 1.41. The standard InChI is InChI=1S/C19H19F3N2O3S/c1-11(18-24-13-5-3-4-6-14(13)27-18)9-16(25)23-12(2)15-7-8-17(28-15)26-10-19(20,21)22/h3-8,11-12H,9-10H2,1-2H3,(H,23,25)/t11?,12-/m1/s1. The summed E-state index contributed by atoms with van der Waals surface area (Å²) in [6.45, 7) is 2.28. The Morgan fingerprint density at radius 2 is 2.00 bits per heavy atom. The molecule has 0 aliphatic heterocycles. The number of amides is 1. The SMILES string of the molecule is CC(CC(=O)N[C@H](C)c1ccc(OCC(F)(F)F)s1)c1nc2ccccc2o1. The largest absolute Gasteiger partial charge is 0.475 e. The van der Waals surface area contributed by atoms with Crippen LogP contribution in [0.5, 0.6) is 5.06 Å². The van der Waals surface area contributed by atoms with E-state index in [1.165, 1.54) is 6.07 Å². The molecule has 0 fully saturated rings. The molecule has 2 atom stereocenters. The molecule has 1 N–H and O–H groups in total. The number of hydrogen-bond acceptors (Lipinski definition) is 5. The molecular weight excluding hydrogens is 393 g/mol. The summed E-state index contributed by atoms with van der Waals surface area (Å²) in [4.78, 5) is 17.4. The lowest BCUT2D eigenvalue weighted by atomic mass is 10.1. The third-order valence-corrected chi connectivity index (χ3v) is 5.19. The van der Waals surface area contributed by atoms with Crippen LogP contribution in [0.2, 0.25) is 0 Å². The molecule has 0 aliphatic rings. The monoisotopic (exact) mass is 412 g/mol. The number of alkyl halides is 3. The van der Waals surface area contributed by atoms with Gasteiger partial charge in [0.1, 0.15) is 5.52 Å². The number of fused-ring (bicyclic) bond motifs is 1. The highest BCUT2D eigenvalue weighted by molar-refractivity contribution is 7.13. The van der Waals surface area contributed by atoms with Crippen molar-refractivity contribution in [3.63, 3.8) is 0 Å². The summed E-state index contributed by atoms with van der Waals surface area (Å²) < 4.78 is 47.1. The van der Waals surface area contributed by atoms with Gasteiger partial charge in [0, 0.05) is 17.2 Å². The molecule has 0 aliphatic carbocycles. The number of ether oxygens (including phenoxy) is 1. The van der Waals surface area contributed by atoms with Gasteiger partial charge in [0.15, 0.2) is 23.1 Å². The number of para-hydroxylation sites is 2. The molecule has 0 saturated carbocycles. The van der Waals surface area contributed by atoms with Crippen molar-refractivity contribution in [1.82, 2.24) is 10.3 Å². The fourth-order valence-corrected chi connectivity index (χ4v) is 3.49. The normalized spacial score (nSPS) is 14.0. The second-order valence-electron chi connectivity index (χ2n) is 6.47. The van der Waals surface area contributed by atoms with Crippen molar-refractivity contribution in [3.05, 3.63) is 47.2 Å². The molecular formula is C19H19F3N2O3S. The molecule has 1 amide bonds. The third-order valence-electron chi connectivity index (χ3n) is 4.01. The Labute approximate surface area is 163 Å². The van der Waals surface area contributed by atoms with Crippen molar-refractivity contribution in [1.29, 1.82) is 0 Å². The van der Waals surface area contributed by atoms with Gasteiger partial charge in [-0.1, -0.05) is 19.1 Å². The molecule has 28 heavy (non-hydrogen) atoms. The molecule has 3 aromatic rings. The third kappa shape index (κ3) is 5.25. The summed E-state index contributed by atoms with van der Waals surface area (Å²) in [6, 6.07) is 10.1. The lowest BCUT2D eigenvalue weighted by Crippen LogP contribution is -2.27. The zero-order chi connectivity index (χ0) is 20.3. The summed E-state index contributed by atoms with van der Waals surface area (Å²) in [7, 11) is 0. The second kappa shape index (κ2) is 8.22. The Morgan fingerprint density at radius 1 is 1.25 bits per heavy atom. The van der Waals surface area contributed by atoms with Crippen LogP contribution in [0.3, 0.4) is 0 Å². The first-order valence-electron chi connectivity index (χ1n) is 8.65. The van der Waals surface area contributed by atoms with Crippen molar-refractivity contribution < 1.29 is 27.1 Å². The lowest BCUT2D eigenvalue weighted by molar-refractivity contribution is -0.152. The average Bonchev–Trinajstić information content (AvgIpc) is 3.26. The van der Waals surface area contributed by atoms with Crippen LogP contribution in [-0.4, -0.2) is 23.7 Å². The number of carbonyl (C=O) groups excluding carboxylic acids is 1. The average molecular weight is 412 g/mol. The van der Waals surface area contributed by atoms with Gasteiger partial charge in [0.05, 0.1) is 6.04 Å². The van der Waals surface area contributed by atoms with E-state index in [0.29, 0.717) is 16.4 Å². The molecule has 0 spiro atoms. The second-order valence-corrected chi connectivity index (χ2v) is 7.55. The van der Waals surface area contributed by atoms with Crippen molar-refractivity contribution in [2.45, 2.75) is 38.4 Å². The van der Waals surface area contributed by atoms with Crippen molar-refractivity contribution in [2.75, 3.05) is 6.61 Å². The van der Waals surface area contributed by atoms with E-state index in [4.69, 9.17) is 9.15 Å². The summed E-state index contributed by atoms with van der Waals surface area (Å²) in [5, 5.41) is 3.00. The molecule has 3 rings (SSSR count). The van der Waals surface area contributed by atoms with Gasteiger partial charge in [0.25, 0.3) is 0 Å². The topological polar surface area (TPSA) is 64.4 Å². The van der Waals surface area contributed by atoms with Crippen LogP contribution >= 0.6 is 11.3 Å². The molecule has 5 nitrogen and oxygen atoms in total. The van der Waals surface area contributed by atoms with Crippen LogP contribution in [0.25, 0.3) is 11.1 Å². The molecule has 0 bridgehead atoms. The Morgan fingerprint density at radius 3 is 2.71 bits per heavy atom. The van der Waals surface area contributed by atoms with E-state index in [0.717, 1.165) is 16.9 Å². The molecule has 150 valence electrons. The minimum atomic E-state index is -4.38. The Hall–Kier alpha value is -2.55. The number of carbonyl (C=O) groups is 1. The van der Waals surface area contributed by atoms with Gasteiger partial charge in [-0.25, -0.2) is 4.98 Å². The van der Waals surface area contributed by atoms with E-state index >= 15 is 0 Å². The van der Waals surface area contributed by atoms with Crippen molar-refractivity contribution in [3.8, 4) is 5.06 Å². The number of hydrogen-bond donors (Lipinski definition) is 1. The van der Waals surface area contributed by atoms with E-state index in [-0.39, 0.29) is 29.4 Å². The fraction of sp³-hybridized carbons (Fsp3) is 0.368. The van der Waals surface area contributed by atoms with Crippen LogP contribution < -0.4 is 10.1 Å². The number of rotatable bonds is 7. The van der Waals surface area contributed by atoms with Crippen LogP contribution in [-0.2, 0) is 4.79 Å². The summed E-state index contributed by atoms with van der Waals surface area (Å²) >= 11 is 1.07. The minimum Gasteiger partial charge on any atom is -0.475 e. The van der Waals surface area contributed by atoms with Gasteiger partial charge < -0.3 is 14.5 Å². The number of oxazole rings is 1. The lowest BCUT2D eigenvalue weighted by Gasteiger charge is -2.14. The van der Waals surface area contributed by atoms with Gasteiger partial charge in [0.2, 0.25) is 5.91 Å². The van der Waals surface area contributed by atoms with E-state index in [2.05, 4.69) is 10.3 Å². The number of nitrogens with zero attached hydrogens (tertiary/aromatic N) is 1. The van der Waals surface area contributed by atoms with Crippen molar-refractivity contribution in [2.24, 2.45) is 0 Å². The number of halogens is 3. The van der Waals surface area contributed by atoms with Crippen LogP contribution in [0.4, 0.5) is 13.2 Å². The fourth-order valence-electron chi connectivity index (χ4n) is 2.64. The molecule has 0 radical (unpaired) electrons. The number of aromatic nitrogens is 1. The summed E-state index contributed by atoms with van der Waals surface area (Å²) in [5.74, 6) is 0.0741. The smallest absolute Gasteiger partial charge is 0.422 e. The van der Waals surface area contributed by atoms with Gasteiger partial charge in [-0.3, -0.25) is 4.79 Å². The molecule has 9 heteroatoms. The van der Waals surface area contributed by atoms with E-state index in [1.807, 2.05) is 31.2 Å². The zero-order valence-corrected chi connectivity index (χ0v) is 16.1.